The zero-order valence-corrected chi connectivity index (χ0v) is 59.6. The number of ether oxygens (including phenoxy) is 2. The molecule has 0 aliphatic heterocycles. The van der Waals surface area contributed by atoms with Gasteiger partial charge in [-0.25, -0.2) is 4.57 Å². The third-order valence-corrected chi connectivity index (χ3v) is 18.1. The second-order valence-electron chi connectivity index (χ2n) is 25.8. The number of unbranched alkanes of at least 4 members (excludes halogenated alkanes) is 48. The Balaban J connectivity index is 3.77. The molecular weight excluding hydrogens is 1120 g/mol. The second-order valence-corrected chi connectivity index (χ2v) is 27.3. The molecule has 0 heterocycles. The van der Waals surface area contributed by atoms with Crippen molar-refractivity contribution >= 4 is 19.8 Å². The quantitative estimate of drug-likeness (QED) is 0.0264. The van der Waals surface area contributed by atoms with Crippen molar-refractivity contribution in [3.63, 3.8) is 0 Å². The average molecular weight is 1270 g/mol. The third-order valence-electron chi connectivity index (χ3n) is 17.1. The number of phosphoric acid groups is 1. The summed E-state index contributed by atoms with van der Waals surface area (Å²) >= 11 is 0. The summed E-state index contributed by atoms with van der Waals surface area (Å²) in [7, 11) is -4.40. The lowest BCUT2D eigenvalue weighted by atomic mass is 10.0. The first-order chi connectivity index (χ1) is 43.8. The highest BCUT2D eigenvalue weighted by Gasteiger charge is 2.26. The van der Waals surface area contributed by atoms with Gasteiger partial charge >= 0.3 is 19.8 Å². The Morgan fingerprint density at radius 1 is 0.348 bits per heavy atom. The van der Waals surface area contributed by atoms with Gasteiger partial charge in [0.25, 0.3) is 0 Å². The average Bonchev–Trinajstić information content (AvgIpc) is 3.68. The van der Waals surface area contributed by atoms with Crippen molar-refractivity contribution in [3.05, 3.63) is 72.9 Å². The van der Waals surface area contributed by atoms with Crippen LogP contribution in [-0.4, -0.2) is 49.3 Å². The van der Waals surface area contributed by atoms with Crippen LogP contribution in [0.1, 0.15) is 386 Å². The molecule has 0 rings (SSSR count). The van der Waals surface area contributed by atoms with E-state index in [4.69, 9.17) is 24.3 Å². The van der Waals surface area contributed by atoms with Gasteiger partial charge in [0.15, 0.2) is 6.10 Å². The molecule has 2 atom stereocenters. The minimum absolute atomic E-state index is 0.0544. The second kappa shape index (κ2) is 74.5. The Morgan fingerprint density at radius 3 is 0.921 bits per heavy atom. The van der Waals surface area contributed by atoms with E-state index in [0.29, 0.717) is 6.42 Å². The molecule has 2 unspecified atom stereocenters. The van der Waals surface area contributed by atoms with Crippen molar-refractivity contribution in [3.8, 4) is 0 Å². The number of rotatable bonds is 73. The molecule has 0 spiro atoms. The van der Waals surface area contributed by atoms with E-state index < -0.39 is 26.5 Å². The van der Waals surface area contributed by atoms with Gasteiger partial charge in [0, 0.05) is 19.4 Å². The number of esters is 2. The first kappa shape index (κ1) is 86.5. The summed E-state index contributed by atoms with van der Waals surface area (Å²) in [4.78, 5) is 35.4. The van der Waals surface area contributed by atoms with Gasteiger partial charge in [0.05, 0.1) is 13.2 Å². The molecule has 520 valence electrons. The Kier molecular flexibility index (Phi) is 72.4. The molecule has 3 N–H and O–H groups in total. The molecule has 0 aromatic rings. The van der Waals surface area contributed by atoms with Gasteiger partial charge in [-0.1, -0.05) is 363 Å². The number of nitrogens with two attached hydrogens (primary N) is 1. The molecule has 0 radical (unpaired) electrons. The van der Waals surface area contributed by atoms with Crippen LogP contribution >= 0.6 is 7.82 Å². The molecule has 0 fully saturated rings. The highest BCUT2D eigenvalue weighted by Crippen LogP contribution is 2.43. The van der Waals surface area contributed by atoms with Gasteiger partial charge in [0.1, 0.15) is 6.61 Å². The van der Waals surface area contributed by atoms with E-state index in [1.54, 1.807) is 0 Å². The predicted molar refractivity (Wildman–Crippen MR) is 386 cm³/mol. The molecule has 0 saturated carbocycles. The topological polar surface area (TPSA) is 134 Å². The van der Waals surface area contributed by atoms with Crippen LogP contribution in [0, 0.1) is 0 Å². The van der Waals surface area contributed by atoms with Crippen molar-refractivity contribution in [1.82, 2.24) is 0 Å². The van der Waals surface area contributed by atoms with Crippen LogP contribution in [0.25, 0.3) is 0 Å². The first-order valence-corrected chi connectivity index (χ1v) is 39.9. The maximum atomic E-state index is 12.8. The Bertz CT molecular complexity index is 1690. The Labute approximate surface area is 552 Å². The molecule has 0 bridgehead atoms. The minimum Gasteiger partial charge on any atom is -0.462 e. The van der Waals surface area contributed by atoms with E-state index in [9.17, 15) is 19.0 Å². The maximum Gasteiger partial charge on any atom is 0.472 e. The van der Waals surface area contributed by atoms with Gasteiger partial charge in [-0.3, -0.25) is 18.6 Å². The zero-order chi connectivity index (χ0) is 64.4. The van der Waals surface area contributed by atoms with Crippen molar-refractivity contribution in [2.45, 2.75) is 392 Å². The zero-order valence-electron chi connectivity index (χ0n) is 58.7. The Hall–Kier alpha value is -2.55. The number of hydrogen-bond acceptors (Lipinski definition) is 8. The molecule has 0 aromatic carbocycles. The van der Waals surface area contributed by atoms with Gasteiger partial charge in [-0.15, -0.1) is 0 Å². The summed E-state index contributed by atoms with van der Waals surface area (Å²) < 4.78 is 33.3. The summed E-state index contributed by atoms with van der Waals surface area (Å²) in [5.41, 5.74) is 5.41. The maximum absolute atomic E-state index is 12.8. The number of allylic oxidation sites excluding steroid dienone is 12. The van der Waals surface area contributed by atoms with Crippen LogP contribution in [0.3, 0.4) is 0 Å². The smallest absolute Gasteiger partial charge is 0.462 e. The molecule has 89 heavy (non-hydrogen) atoms. The fourth-order valence-electron chi connectivity index (χ4n) is 11.4. The highest BCUT2D eigenvalue weighted by atomic mass is 31.2. The monoisotopic (exact) mass is 1270 g/mol. The molecule has 0 aromatic heterocycles. The largest absolute Gasteiger partial charge is 0.472 e. The normalized spacial score (nSPS) is 13.3. The molecule has 0 aliphatic carbocycles. The summed E-state index contributed by atoms with van der Waals surface area (Å²) in [6.45, 7) is 3.69. The van der Waals surface area contributed by atoms with Crippen molar-refractivity contribution in [2.24, 2.45) is 5.73 Å². The van der Waals surface area contributed by atoms with Crippen molar-refractivity contribution < 1.29 is 37.6 Å². The van der Waals surface area contributed by atoms with Crippen LogP contribution in [0.15, 0.2) is 72.9 Å². The summed E-state index contributed by atoms with van der Waals surface area (Å²) in [5, 5.41) is 0. The minimum atomic E-state index is -4.40. The van der Waals surface area contributed by atoms with Gasteiger partial charge in [0.2, 0.25) is 0 Å². The fraction of sp³-hybridized carbons (Fsp3) is 0.823. The number of carbonyl (C=O) groups excluding carboxylic acids is 2. The number of hydrogen-bond donors (Lipinski definition) is 2. The molecule has 10 heteroatoms. The molecule has 0 saturated heterocycles. The van der Waals surface area contributed by atoms with E-state index in [-0.39, 0.29) is 38.6 Å². The van der Waals surface area contributed by atoms with E-state index in [2.05, 4.69) is 86.8 Å². The standard InChI is InChI=1S/C79H146NO8P/c1-3-5-7-9-11-13-15-17-19-21-23-25-27-29-31-33-35-36-37-38-39-40-42-43-45-47-49-51-53-55-57-59-61-63-65-67-69-71-78(81)85-75-77(76-87-89(83,84)86-74-73-80)88-79(82)72-70-68-66-64-62-60-58-56-54-52-50-48-46-44-41-34-32-30-28-26-24-22-20-18-16-14-12-10-8-6-4-2/h6,8,12,14-15,17-18,20-21,23-24,26,77H,3-5,7,9-11,13,16,19,22,25,27-76,80H2,1-2H3,(H,83,84)/b8-6-,14-12-,17-15-,20-18-,23-21-,26-24-. The number of carbonyl (C=O) groups is 2. The lowest BCUT2D eigenvalue weighted by Crippen LogP contribution is -2.29. The third kappa shape index (κ3) is 74.4. The van der Waals surface area contributed by atoms with E-state index in [0.717, 1.165) is 64.2 Å². The first-order valence-electron chi connectivity index (χ1n) is 38.4. The van der Waals surface area contributed by atoms with E-state index in [1.807, 2.05) is 0 Å². The molecule has 0 aliphatic rings. The molecule has 9 nitrogen and oxygen atoms in total. The van der Waals surface area contributed by atoms with Crippen molar-refractivity contribution in [2.75, 3.05) is 26.4 Å². The van der Waals surface area contributed by atoms with Crippen LogP contribution < -0.4 is 5.73 Å². The molecule has 0 amide bonds. The van der Waals surface area contributed by atoms with E-state index >= 15 is 0 Å². The SMILES string of the molecule is CC/C=C\C/C=C\C/C=C\C/C=C\CCCCCCCCCCCCCCCCCCCCC(=O)OC(COC(=O)CCCCCCCCCCCCCCCCCCCCCCCCCCC/C=C\C/C=C\CCCCCCC)COP(=O)(O)OCCN. The van der Waals surface area contributed by atoms with Gasteiger partial charge < -0.3 is 20.1 Å². The van der Waals surface area contributed by atoms with Crippen LogP contribution in [0.2, 0.25) is 0 Å². The summed E-state index contributed by atoms with van der Waals surface area (Å²) in [6, 6.07) is 0. The van der Waals surface area contributed by atoms with Crippen LogP contribution in [0.4, 0.5) is 0 Å². The summed E-state index contributed by atoms with van der Waals surface area (Å²) in [6.07, 6.45) is 98.9. The molecular formula is C79H146NO8P. The number of phosphoric ester groups is 1. The van der Waals surface area contributed by atoms with Crippen LogP contribution in [0.5, 0.6) is 0 Å². The Morgan fingerprint density at radius 2 is 0.618 bits per heavy atom. The lowest BCUT2D eigenvalue weighted by molar-refractivity contribution is -0.161. The van der Waals surface area contributed by atoms with Crippen molar-refractivity contribution in [1.29, 1.82) is 0 Å². The highest BCUT2D eigenvalue weighted by molar-refractivity contribution is 7.47. The van der Waals surface area contributed by atoms with Gasteiger partial charge in [-0.2, -0.15) is 0 Å². The fourth-order valence-corrected chi connectivity index (χ4v) is 12.2. The van der Waals surface area contributed by atoms with Crippen LogP contribution in [-0.2, 0) is 32.7 Å². The lowest BCUT2D eigenvalue weighted by Gasteiger charge is -2.19. The van der Waals surface area contributed by atoms with Gasteiger partial charge in [-0.05, 0) is 83.5 Å². The van der Waals surface area contributed by atoms with E-state index in [1.165, 1.54) is 289 Å². The summed E-state index contributed by atoms with van der Waals surface area (Å²) in [5.74, 6) is -0.807. The predicted octanol–water partition coefficient (Wildman–Crippen LogP) is 25.5.